The molecule has 3 heterocycles. The largest absolute Gasteiger partial charge is 0.378 e. The Balaban J connectivity index is 1.77. The number of hydrogen-bond acceptors (Lipinski definition) is 7. The van der Waals surface area contributed by atoms with Gasteiger partial charge in [0.2, 0.25) is 5.95 Å². The quantitative estimate of drug-likeness (QED) is 0.684. The van der Waals surface area contributed by atoms with Crippen molar-refractivity contribution in [1.29, 1.82) is 0 Å². The summed E-state index contributed by atoms with van der Waals surface area (Å²) in [5.41, 5.74) is 1.96. The molecule has 0 atom stereocenters. The van der Waals surface area contributed by atoms with E-state index in [0.717, 1.165) is 18.5 Å². The third kappa shape index (κ3) is 2.63. The van der Waals surface area contributed by atoms with Crippen molar-refractivity contribution in [2.45, 2.75) is 6.92 Å². The average molecular weight is 324 g/mol. The Morgan fingerprint density at radius 1 is 1.21 bits per heavy atom. The van der Waals surface area contributed by atoms with E-state index in [1.54, 1.807) is 30.5 Å². The highest BCUT2D eigenvalue weighted by molar-refractivity contribution is 6.00. The van der Waals surface area contributed by atoms with Gasteiger partial charge < -0.3 is 14.2 Å². The Bertz CT molecular complexity index is 900. The van der Waals surface area contributed by atoms with E-state index in [2.05, 4.69) is 20.0 Å². The van der Waals surface area contributed by atoms with Crippen molar-refractivity contribution in [2.75, 3.05) is 31.2 Å². The lowest BCUT2D eigenvalue weighted by Crippen LogP contribution is -2.37. The molecule has 0 aliphatic carbocycles. The van der Waals surface area contributed by atoms with Crippen LogP contribution in [0.5, 0.6) is 0 Å². The Labute approximate surface area is 138 Å². The third-order valence-electron chi connectivity index (χ3n) is 4.05. The number of Topliss-reactive ketones (excluding diaryl/α,β-unsaturated/α-hetero) is 1. The number of ketones is 1. The maximum Gasteiger partial charge on any atom is 0.226 e. The number of fused-ring (bicyclic) bond motifs is 1. The molecule has 0 spiro atoms. The van der Waals surface area contributed by atoms with Crippen LogP contribution in [0.4, 0.5) is 5.95 Å². The molecule has 1 aromatic carbocycles. The van der Waals surface area contributed by atoms with Crippen LogP contribution in [0.1, 0.15) is 17.3 Å². The second kappa shape index (κ2) is 6.01. The van der Waals surface area contributed by atoms with E-state index in [1.165, 1.54) is 6.92 Å². The number of benzene rings is 1. The molecule has 0 unspecified atom stereocenters. The fourth-order valence-corrected chi connectivity index (χ4v) is 2.74. The maximum atomic E-state index is 11.6. The summed E-state index contributed by atoms with van der Waals surface area (Å²) < 4.78 is 10.8. The van der Waals surface area contributed by atoms with Gasteiger partial charge in [-0.3, -0.25) is 4.79 Å². The SMILES string of the molecule is CC(=O)c1ccc2noc(-c3ccnc(N4CCOCC4)n3)c2c1. The number of rotatable bonds is 3. The fourth-order valence-electron chi connectivity index (χ4n) is 2.74. The molecule has 0 bridgehead atoms. The molecule has 1 saturated heterocycles. The van der Waals surface area contributed by atoms with Crippen LogP contribution in [-0.4, -0.2) is 47.2 Å². The van der Waals surface area contributed by atoms with E-state index in [9.17, 15) is 4.79 Å². The molecule has 0 amide bonds. The van der Waals surface area contributed by atoms with Gasteiger partial charge in [0.15, 0.2) is 11.5 Å². The van der Waals surface area contributed by atoms with Gasteiger partial charge in [-0.25, -0.2) is 9.97 Å². The van der Waals surface area contributed by atoms with Crippen molar-refractivity contribution < 1.29 is 14.1 Å². The number of carbonyl (C=O) groups is 1. The van der Waals surface area contributed by atoms with Gasteiger partial charge in [0.05, 0.1) is 18.6 Å². The molecular weight excluding hydrogens is 308 g/mol. The molecular formula is C17H16N4O3. The van der Waals surface area contributed by atoms with Crippen LogP contribution < -0.4 is 4.90 Å². The normalized spacial score (nSPS) is 15.0. The smallest absolute Gasteiger partial charge is 0.226 e. The number of hydrogen-bond donors (Lipinski definition) is 0. The summed E-state index contributed by atoms with van der Waals surface area (Å²) in [5, 5.41) is 4.83. The first-order valence-corrected chi connectivity index (χ1v) is 7.79. The minimum atomic E-state index is 0.000688. The first kappa shape index (κ1) is 14.8. The lowest BCUT2D eigenvalue weighted by molar-refractivity contribution is 0.101. The Morgan fingerprint density at radius 3 is 2.83 bits per heavy atom. The van der Waals surface area contributed by atoms with E-state index < -0.39 is 0 Å². The van der Waals surface area contributed by atoms with Crippen LogP contribution in [0.2, 0.25) is 0 Å². The molecule has 0 radical (unpaired) electrons. The number of carbonyl (C=O) groups excluding carboxylic acids is 1. The zero-order valence-electron chi connectivity index (χ0n) is 13.2. The van der Waals surface area contributed by atoms with E-state index in [-0.39, 0.29) is 5.78 Å². The monoisotopic (exact) mass is 324 g/mol. The second-order valence-corrected chi connectivity index (χ2v) is 5.64. The standard InChI is InChI=1S/C17H16N4O3/c1-11(22)12-2-3-14-13(10-12)16(24-20-14)15-4-5-18-17(19-15)21-6-8-23-9-7-21/h2-5,10H,6-9H2,1H3. The zero-order valence-corrected chi connectivity index (χ0v) is 13.2. The minimum absolute atomic E-state index is 0.000688. The van der Waals surface area contributed by atoms with E-state index in [4.69, 9.17) is 9.26 Å². The lowest BCUT2D eigenvalue weighted by Gasteiger charge is -2.26. The number of aromatic nitrogens is 3. The number of nitrogens with zero attached hydrogens (tertiary/aromatic N) is 4. The molecule has 1 fully saturated rings. The number of morpholine rings is 1. The van der Waals surface area contributed by atoms with Gasteiger partial charge in [-0.05, 0) is 31.2 Å². The third-order valence-corrected chi connectivity index (χ3v) is 4.05. The van der Waals surface area contributed by atoms with E-state index in [1.807, 2.05) is 0 Å². The molecule has 2 aromatic heterocycles. The highest BCUT2D eigenvalue weighted by atomic mass is 16.5. The predicted octanol–water partition coefficient (Wildman–Crippen LogP) is 2.32. The number of ether oxygens (including phenoxy) is 1. The van der Waals surface area contributed by atoms with Gasteiger partial charge in [-0.1, -0.05) is 5.16 Å². The molecule has 1 aliphatic rings. The maximum absolute atomic E-state index is 11.6. The van der Waals surface area contributed by atoms with Crippen molar-refractivity contribution >= 4 is 22.6 Å². The molecule has 3 aromatic rings. The number of anilines is 1. The lowest BCUT2D eigenvalue weighted by atomic mass is 10.1. The highest BCUT2D eigenvalue weighted by Gasteiger charge is 2.18. The van der Waals surface area contributed by atoms with E-state index >= 15 is 0 Å². The zero-order chi connectivity index (χ0) is 16.5. The van der Waals surface area contributed by atoms with Gasteiger partial charge in [-0.2, -0.15) is 0 Å². The summed E-state index contributed by atoms with van der Waals surface area (Å²) in [4.78, 5) is 22.6. The second-order valence-electron chi connectivity index (χ2n) is 5.64. The molecule has 7 nitrogen and oxygen atoms in total. The minimum Gasteiger partial charge on any atom is -0.378 e. The molecule has 122 valence electrons. The Morgan fingerprint density at radius 2 is 2.04 bits per heavy atom. The van der Waals surface area contributed by atoms with Crippen LogP contribution in [0, 0.1) is 0 Å². The van der Waals surface area contributed by atoms with E-state index in [0.29, 0.717) is 41.7 Å². The average Bonchev–Trinajstić information content (AvgIpc) is 3.05. The molecule has 1 aliphatic heterocycles. The van der Waals surface area contributed by atoms with Gasteiger partial charge in [0, 0.05) is 24.8 Å². The Hall–Kier alpha value is -2.80. The first-order valence-electron chi connectivity index (χ1n) is 7.79. The van der Waals surface area contributed by atoms with Gasteiger partial charge in [0.1, 0.15) is 11.2 Å². The molecule has 0 saturated carbocycles. The van der Waals surface area contributed by atoms with Crippen LogP contribution >= 0.6 is 0 Å². The van der Waals surface area contributed by atoms with Crippen LogP contribution in [-0.2, 0) is 4.74 Å². The van der Waals surface area contributed by atoms with Crippen molar-refractivity contribution in [2.24, 2.45) is 0 Å². The predicted molar refractivity (Wildman–Crippen MR) is 88.1 cm³/mol. The molecule has 0 N–H and O–H groups in total. The van der Waals surface area contributed by atoms with Crippen molar-refractivity contribution in [3.8, 4) is 11.5 Å². The van der Waals surface area contributed by atoms with Gasteiger partial charge in [-0.15, -0.1) is 0 Å². The van der Waals surface area contributed by atoms with Crippen molar-refractivity contribution in [1.82, 2.24) is 15.1 Å². The van der Waals surface area contributed by atoms with Gasteiger partial charge in [0.25, 0.3) is 0 Å². The van der Waals surface area contributed by atoms with Crippen LogP contribution in [0.25, 0.3) is 22.4 Å². The van der Waals surface area contributed by atoms with Crippen LogP contribution in [0.15, 0.2) is 35.0 Å². The summed E-state index contributed by atoms with van der Waals surface area (Å²) >= 11 is 0. The van der Waals surface area contributed by atoms with Gasteiger partial charge >= 0.3 is 0 Å². The summed E-state index contributed by atoms with van der Waals surface area (Å²) in [6.07, 6.45) is 1.70. The highest BCUT2D eigenvalue weighted by Crippen LogP contribution is 2.29. The summed E-state index contributed by atoms with van der Waals surface area (Å²) in [5.74, 6) is 1.19. The first-order chi connectivity index (χ1) is 11.7. The summed E-state index contributed by atoms with van der Waals surface area (Å²) in [6.45, 7) is 4.39. The molecule has 4 rings (SSSR count). The topological polar surface area (TPSA) is 81.4 Å². The molecule has 24 heavy (non-hydrogen) atoms. The Kier molecular flexibility index (Phi) is 3.70. The van der Waals surface area contributed by atoms with Crippen molar-refractivity contribution in [3.05, 3.63) is 36.0 Å². The molecule has 7 heteroatoms. The van der Waals surface area contributed by atoms with Crippen molar-refractivity contribution in [3.63, 3.8) is 0 Å². The van der Waals surface area contributed by atoms with Crippen LogP contribution in [0.3, 0.4) is 0 Å². The summed E-state index contributed by atoms with van der Waals surface area (Å²) in [7, 11) is 0. The fraction of sp³-hybridized carbons (Fsp3) is 0.294. The summed E-state index contributed by atoms with van der Waals surface area (Å²) in [6, 6.07) is 7.10.